The molecule has 1 unspecified atom stereocenters. The first-order valence-corrected chi connectivity index (χ1v) is 10.8. The summed E-state index contributed by atoms with van der Waals surface area (Å²) in [5.74, 6) is 1.07. The van der Waals surface area contributed by atoms with E-state index in [0.29, 0.717) is 18.0 Å². The quantitative estimate of drug-likeness (QED) is 0.704. The number of nitrogens with one attached hydrogen (secondary N) is 1. The molecule has 1 amide bonds. The molecule has 30 heavy (non-hydrogen) atoms. The summed E-state index contributed by atoms with van der Waals surface area (Å²) in [5.41, 5.74) is 2.70. The maximum atomic E-state index is 12.5. The first kappa shape index (κ1) is 22.2. The van der Waals surface area contributed by atoms with Crippen molar-refractivity contribution in [2.75, 3.05) is 33.4 Å². The fraction of sp³-hybridized carbons (Fsp3) is 0.480. The number of rotatable bonds is 8. The molecule has 0 saturated carbocycles. The Bertz CT molecular complexity index is 821. The number of benzene rings is 2. The van der Waals surface area contributed by atoms with Gasteiger partial charge in [0.2, 0.25) is 0 Å². The van der Waals surface area contributed by atoms with Crippen LogP contribution in [0.4, 0.5) is 0 Å². The fourth-order valence-electron chi connectivity index (χ4n) is 3.86. The summed E-state index contributed by atoms with van der Waals surface area (Å²) < 4.78 is 10.9. The number of hydrogen-bond donors (Lipinski definition) is 1. The van der Waals surface area contributed by atoms with Crippen LogP contribution in [0.15, 0.2) is 48.5 Å². The zero-order chi connectivity index (χ0) is 21.6. The molecule has 1 aliphatic rings. The standard InChI is InChI=1S/C25H34N2O3/c1-25(2,3)20-13-11-19(12-14-20)21(27-15-7-8-16-27)17-26-24(28)18-30-23-10-6-5-9-22(23)29-4/h5-6,9-14,21H,7-8,15-18H2,1-4H3,(H,26,28). The molecule has 1 aliphatic heterocycles. The van der Waals surface area contributed by atoms with E-state index in [2.05, 4.69) is 55.3 Å². The van der Waals surface area contributed by atoms with E-state index >= 15 is 0 Å². The van der Waals surface area contributed by atoms with Crippen LogP contribution in [0.25, 0.3) is 0 Å². The highest BCUT2D eigenvalue weighted by molar-refractivity contribution is 5.77. The second-order valence-electron chi connectivity index (χ2n) is 8.87. The number of likely N-dealkylation sites (tertiary alicyclic amines) is 1. The van der Waals surface area contributed by atoms with Gasteiger partial charge in [0.1, 0.15) is 0 Å². The van der Waals surface area contributed by atoms with Crippen molar-refractivity contribution in [3.05, 3.63) is 59.7 Å². The van der Waals surface area contributed by atoms with Crippen LogP contribution in [0.2, 0.25) is 0 Å². The summed E-state index contributed by atoms with van der Waals surface area (Å²) in [5, 5.41) is 3.06. The largest absolute Gasteiger partial charge is 0.493 e. The van der Waals surface area contributed by atoms with Crippen LogP contribution in [0, 0.1) is 0 Å². The third kappa shape index (κ3) is 5.76. The van der Waals surface area contributed by atoms with Crippen LogP contribution in [0.5, 0.6) is 11.5 Å². The van der Waals surface area contributed by atoms with Crippen LogP contribution < -0.4 is 14.8 Å². The molecular weight excluding hydrogens is 376 g/mol. The van der Waals surface area contributed by atoms with Crippen LogP contribution >= 0.6 is 0 Å². The Morgan fingerprint density at radius 2 is 1.67 bits per heavy atom. The minimum atomic E-state index is -0.128. The van der Waals surface area contributed by atoms with Gasteiger partial charge in [-0.2, -0.15) is 0 Å². The highest BCUT2D eigenvalue weighted by Crippen LogP contribution is 2.28. The lowest BCUT2D eigenvalue weighted by Gasteiger charge is -2.29. The maximum absolute atomic E-state index is 12.5. The van der Waals surface area contributed by atoms with Gasteiger partial charge in [0.15, 0.2) is 18.1 Å². The van der Waals surface area contributed by atoms with Crippen molar-refractivity contribution in [2.45, 2.75) is 45.1 Å². The molecule has 1 saturated heterocycles. The molecule has 0 aromatic heterocycles. The predicted molar refractivity (Wildman–Crippen MR) is 120 cm³/mol. The van der Waals surface area contributed by atoms with E-state index < -0.39 is 0 Å². The topological polar surface area (TPSA) is 50.8 Å². The molecule has 162 valence electrons. The van der Waals surface area contributed by atoms with Gasteiger partial charge in [-0.3, -0.25) is 9.69 Å². The highest BCUT2D eigenvalue weighted by Gasteiger charge is 2.24. The van der Waals surface area contributed by atoms with Crippen molar-refractivity contribution in [1.82, 2.24) is 10.2 Å². The van der Waals surface area contributed by atoms with E-state index in [4.69, 9.17) is 9.47 Å². The van der Waals surface area contributed by atoms with Crippen molar-refractivity contribution in [2.24, 2.45) is 0 Å². The average molecular weight is 411 g/mol. The van der Waals surface area contributed by atoms with Crippen LogP contribution in [-0.4, -0.2) is 44.2 Å². The molecule has 1 N–H and O–H groups in total. The number of amides is 1. The second kappa shape index (κ2) is 9.98. The number of nitrogens with zero attached hydrogens (tertiary/aromatic N) is 1. The molecule has 3 rings (SSSR count). The Hall–Kier alpha value is -2.53. The summed E-state index contributed by atoms with van der Waals surface area (Å²) >= 11 is 0. The Balaban J connectivity index is 1.62. The third-order valence-electron chi connectivity index (χ3n) is 5.66. The summed E-state index contributed by atoms with van der Waals surface area (Å²) in [4.78, 5) is 14.9. The number of ether oxygens (including phenoxy) is 2. The van der Waals surface area contributed by atoms with Gasteiger partial charge in [-0.05, 0) is 54.6 Å². The Morgan fingerprint density at radius 1 is 1.03 bits per heavy atom. The van der Waals surface area contributed by atoms with Gasteiger partial charge in [-0.1, -0.05) is 57.2 Å². The SMILES string of the molecule is COc1ccccc1OCC(=O)NCC(c1ccc(C(C)(C)C)cc1)N1CCCC1. The maximum Gasteiger partial charge on any atom is 0.258 e. The smallest absolute Gasteiger partial charge is 0.258 e. The average Bonchev–Trinajstić information content (AvgIpc) is 3.27. The van der Waals surface area contributed by atoms with Gasteiger partial charge in [-0.25, -0.2) is 0 Å². The highest BCUT2D eigenvalue weighted by atomic mass is 16.5. The minimum Gasteiger partial charge on any atom is -0.493 e. The number of methoxy groups -OCH3 is 1. The summed E-state index contributed by atoms with van der Waals surface area (Å²) in [6.45, 7) is 9.35. The molecule has 5 heteroatoms. The Labute approximate surface area is 180 Å². The molecule has 0 radical (unpaired) electrons. The van der Waals surface area contributed by atoms with Crippen molar-refractivity contribution >= 4 is 5.91 Å². The Morgan fingerprint density at radius 3 is 2.27 bits per heavy atom. The van der Waals surface area contributed by atoms with Crippen LogP contribution in [0.1, 0.15) is 50.8 Å². The third-order valence-corrected chi connectivity index (χ3v) is 5.66. The van der Waals surface area contributed by atoms with Crippen LogP contribution in [-0.2, 0) is 10.2 Å². The second-order valence-corrected chi connectivity index (χ2v) is 8.87. The molecule has 1 atom stereocenters. The molecule has 5 nitrogen and oxygen atoms in total. The summed E-state index contributed by atoms with van der Waals surface area (Å²) in [7, 11) is 1.59. The minimum absolute atomic E-state index is 0.0317. The van der Waals surface area contributed by atoms with E-state index in [1.54, 1.807) is 13.2 Å². The monoisotopic (exact) mass is 410 g/mol. The fourth-order valence-corrected chi connectivity index (χ4v) is 3.86. The van der Waals surface area contributed by atoms with Gasteiger partial charge >= 0.3 is 0 Å². The van der Waals surface area contributed by atoms with Gasteiger partial charge in [-0.15, -0.1) is 0 Å². The van der Waals surface area contributed by atoms with Crippen molar-refractivity contribution in [3.8, 4) is 11.5 Å². The van der Waals surface area contributed by atoms with E-state index in [1.165, 1.54) is 24.0 Å². The van der Waals surface area contributed by atoms with Crippen molar-refractivity contribution < 1.29 is 14.3 Å². The van der Waals surface area contributed by atoms with E-state index in [1.807, 2.05) is 18.2 Å². The summed E-state index contributed by atoms with van der Waals surface area (Å²) in [6.07, 6.45) is 2.42. The van der Waals surface area contributed by atoms with Gasteiger partial charge < -0.3 is 14.8 Å². The summed E-state index contributed by atoms with van der Waals surface area (Å²) in [6, 6.07) is 16.4. The number of hydrogen-bond acceptors (Lipinski definition) is 4. The van der Waals surface area contributed by atoms with Gasteiger partial charge in [0.25, 0.3) is 5.91 Å². The normalized spacial score (nSPS) is 15.6. The van der Waals surface area contributed by atoms with Crippen LogP contribution in [0.3, 0.4) is 0 Å². The Kier molecular flexibility index (Phi) is 7.38. The molecule has 2 aromatic carbocycles. The van der Waals surface area contributed by atoms with Crippen molar-refractivity contribution in [1.29, 1.82) is 0 Å². The number of carbonyl (C=O) groups is 1. The molecule has 1 fully saturated rings. The molecule has 2 aromatic rings. The van der Waals surface area contributed by atoms with Gasteiger partial charge in [0, 0.05) is 6.54 Å². The van der Waals surface area contributed by atoms with Gasteiger partial charge in [0.05, 0.1) is 13.2 Å². The first-order chi connectivity index (χ1) is 14.4. The first-order valence-electron chi connectivity index (χ1n) is 10.8. The van der Waals surface area contributed by atoms with E-state index in [0.717, 1.165) is 13.1 Å². The van der Waals surface area contributed by atoms with Crippen molar-refractivity contribution in [3.63, 3.8) is 0 Å². The number of para-hydroxylation sites is 2. The molecule has 0 bridgehead atoms. The molecular formula is C25H34N2O3. The molecule has 1 heterocycles. The predicted octanol–water partition coefficient (Wildman–Crippen LogP) is 4.32. The lowest BCUT2D eigenvalue weighted by Crippen LogP contribution is -2.38. The lowest BCUT2D eigenvalue weighted by atomic mass is 9.86. The lowest BCUT2D eigenvalue weighted by molar-refractivity contribution is -0.123. The number of carbonyl (C=O) groups excluding carboxylic acids is 1. The van der Waals surface area contributed by atoms with E-state index in [9.17, 15) is 4.79 Å². The zero-order valence-electron chi connectivity index (χ0n) is 18.6. The zero-order valence-corrected chi connectivity index (χ0v) is 18.6. The molecule has 0 spiro atoms. The molecule has 0 aliphatic carbocycles. The van der Waals surface area contributed by atoms with E-state index in [-0.39, 0.29) is 24.0 Å².